The Kier molecular flexibility index (Phi) is 4.95. The molecule has 0 aliphatic carbocycles. The zero-order chi connectivity index (χ0) is 11.8. The Balaban J connectivity index is 2.39. The second-order valence-electron chi connectivity index (χ2n) is 2.99. The molecule has 5 heteroatoms. The first-order valence-corrected chi connectivity index (χ1v) is 4.59. The van der Waals surface area contributed by atoms with Crippen molar-refractivity contribution < 1.29 is 19.5 Å². The summed E-state index contributed by atoms with van der Waals surface area (Å²) in [5.41, 5.74) is 3.15. The lowest BCUT2D eigenvalue weighted by atomic mass is 10.2. The predicted octanol–water partition coefficient (Wildman–Crippen LogP) is 0.549. The molecule has 1 atom stereocenters. The van der Waals surface area contributed by atoms with Crippen molar-refractivity contribution in [3.63, 3.8) is 0 Å². The van der Waals surface area contributed by atoms with Crippen molar-refractivity contribution in [3.05, 3.63) is 42.0 Å². The molecule has 0 aliphatic heterocycles. The second-order valence-corrected chi connectivity index (χ2v) is 2.99. The van der Waals surface area contributed by atoms with Gasteiger partial charge in [-0.25, -0.2) is 4.79 Å². The van der Waals surface area contributed by atoms with E-state index in [4.69, 9.17) is 9.94 Å². The van der Waals surface area contributed by atoms with E-state index in [9.17, 15) is 9.59 Å². The Labute approximate surface area is 92.3 Å². The van der Waals surface area contributed by atoms with E-state index in [0.29, 0.717) is 0 Å². The van der Waals surface area contributed by atoms with Crippen molar-refractivity contribution >= 4 is 11.9 Å². The highest BCUT2D eigenvalue weighted by atomic mass is 16.6. The first kappa shape index (κ1) is 12.1. The number of rotatable bonds is 6. The maximum absolute atomic E-state index is 10.6. The molecule has 0 fully saturated rings. The normalized spacial score (nSPS) is 11.5. The van der Waals surface area contributed by atoms with Crippen molar-refractivity contribution in [1.29, 1.82) is 0 Å². The number of nitrogens with one attached hydrogen (secondary N) is 1. The number of carbonyl (C=O) groups excluding carboxylic acids is 1. The Morgan fingerprint density at radius 3 is 2.75 bits per heavy atom. The minimum Gasteiger partial charge on any atom is -0.480 e. The fraction of sp³-hybridized carbons (Fsp3) is 0.182. The van der Waals surface area contributed by atoms with E-state index in [2.05, 4.69) is 5.48 Å². The summed E-state index contributed by atoms with van der Waals surface area (Å²) in [6.45, 7) is 0.220. The van der Waals surface area contributed by atoms with Gasteiger partial charge in [-0.3, -0.25) is 9.63 Å². The molecule has 0 saturated carbocycles. The smallest absolute Gasteiger partial charge is 0.327 e. The third kappa shape index (κ3) is 4.06. The quantitative estimate of drug-likeness (QED) is 0.542. The third-order valence-electron chi connectivity index (χ3n) is 1.79. The molecule has 1 aromatic carbocycles. The van der Waals surface area contributed by atoms with Gasteiger partial charge in [0.1, 0.15) is 5.94 Å². The van der Waals surface area contributed by atoms with Crippen LogP contribution in [0.2, 0.25) is 0 Å². The Hall–Kier alpha value is -1.94. The summed E-state index contributed by atoms with van der Waals surface area (Å²) in [4.78, 5) is 25.5. The summed E-state index contributed by atoms with van der Waals surface area (Å²) in [5.74, 6) is 0.202. The van der Waals surface area contributed by atoms with E-state index in [0.717, 1.165) is 11.6 Å². The van der Waals surface area contributed by atoms with Crippen LogP contribution in [-0.4, -0.2) is 23.1 Å². The summed E-state index contributed by atoms with van der Waals surface area (Å²) in [5, 5.41) is 8.65. The Morgan fingerprint density at radius 2 is 2.19 bits per heavy atom. The van der Waals surface area contributed by atoms with Crippen molar-refractivity contribution in [2.75, 3.05) is 0 Å². The van der Waals surface area contributed by atoms with Gasteiger partial charge < -0.3 is 5.11 Å². The minimum absolute atomic E-state index is 0.220. The summed E-state index contributed by atoms with van der Waals surface area (Å²) in [6.07, 6.45) is 0.841. The zero-order valence-corrected chi connectivity index (χ0v) is 8.42. The molecule has 0 saturated heterocycles. The van der Waals surface area contributed by atoms with Crippen molar-refractivity contribution in [2.45, 2.75) is 12.6 Å². The van der Waals surface area contributed by atoms with Gasteiger partial charge >= 0.3 is 5.97 Å². The molecule has 0 aromatic heterocycles. The van der Waals surface area contributed by atoms with Crippen molar-refractivity contribution in [3.8, 4) is 0 Å². The number of aliphatic carboxylic acids is 1. The molecule has 0 amide bonds. The molecule has 84 valence electrons. The van der Waals surface area contributed by atoms with Gasteiger partial charge in [-0.15, -0.1) is 0 Å². The number of hydrogen-bond acceptors (Lipinski definition) is 4. The van der Waals surface area contributed by atoms with E-state index in [-0.39, 0.29) is 6.61 Å². The second kappa shape index (κ2) is 6.53. The highest BCUT2D eigenvalue weighted by Gasteiger charge is 2.13. The standard InChI is InChI=1S/C11H11NO4/c13-7-6-10(11(14)15)12-16-8-9-4-2-1-3-5-9/h1-6,10,12H,8H2,(H,14,15)/t10-/m0/s1. The summed E-state index contributed by atoms with van der Waals surface area (Å²) in [7, 11) is 0. The van der Waals surface area contributed by atoms with Crippen LogP contribution in [0, 0.1) is 0 Å². The molecule has 0 unspecified atom stereocenters. The zero-order valence-electron chi connectivity index (χ0n) is 8.42. The van der Waals surface area contributed by atoms with E-state index in [1.165, 1.54) is 5.94 Å². The number of carbonyl (C=O) groups is 1. The van der Waals surface area contributed by atoms with Gasteiger partial charge in [-0.2, -0.15) is 5.48 Å². The molecule has 5 nitrogen and oxygen atoms in total. The van der Waals surface area contributed by atoms with Gasteiger partial charge in [0.25, 0.3) is 0 Å². The number of hydrogen-bond donors (Lipinski definition) is 2. The van der Waals surface area contributed by atoms with Gasteiger partial charge in [-0.1, -0.05) is 30.3 Å². The molecule has 0 aliphatic rings. The Bertz CT molecular complexity index is 382. The summed E-state index contributed by atoms with van der Waals surface area (Å²) < 4.78 is 0. The molecule has 0 heterocycles. The van der Waals surface area contributed by atoms with Crippen LogP contribution >= 0.6 is 0 Å². The van der Waals surface area contributed by atoms with Crippen molar-refractivity contribution in [2.24, 2.45) is 0 Å². The molecule has 1 aromatic rings. The van der Waals surface area contributed by atoms with Gasteiger partial charge in [-0.05, 0) is 5.56 Å². The predicted molar refractivity (Wildman–Crippen MR) is 56.1 cm³/mol. The van der Waals surface area contributed by atoms with Gasteiger partial charge in [0.05, 0.1) is 6.61 Å². The minimum atomic E-state index is -1.20. The fourth-order valence-corrected chi connectivity index (χ4v) is 1.01. The molecule has 16 heavy (non-hydrogen) atoms. The number of hydroxylamine groups is 1. The fourth-order valence-electron chi connectivity index (χ4n) is 1.01. The monoisotopic (exact) mass is 221 g/mol. The van der Waals surface area contributed by atoms with E-state index < -0.39 is 12.0 Å². The number of carboxylic acids is 1. The lowest BCUT2D eigenvalue weighted by molar-refractivity contribution is -0.142. The average molecular weight is 221 g/mol. The maximum Gasteiger partial charge on any atom is 0.327 e. The number of benzene rings is 1. The van der Waals surface area contributed by atoms with Crippen LogP contribution in [-0.2, 0) is 21.0 Å². The van der Waals surface area contributed by atoms with Gasteiger partial charge in [0, 0.05) is 6.08 Å². The van der Waals surface area contributed by atoms with Crippen LogP contribution in [0.5, 0.6) is 0 Å². The molecule has 0 spiro atoms. The highest BCUT2D eigenvalue weighted by molar-refractivity contribution is 5.78. The molecular weight excluding hydrogens is 210 g/mol. The first-order valence-electron chi connectivity index (χ1n) is 4.59. The molecular formula is C11H11NO4. The molecule has 0 bridgehead atoms. The van der Waals surface area contributed by atoms with Crippen LogP contribution in [0.1, 0.15) is 5.56 Å². The third-order valence-corrected chi connectivity index (χ3v) is 1.79. The molecule has 1 rings (SSSR count). The van der Waals surface area contributed by atoms with E-state index >= 15 is 0 Å². The SMILES string of the molecule is O=C=C[C@H](NOCc1ccccc1)C(=O)O. The first-order chi connectivity index (χ1) is 7.74. The van der Waals surface area contributed by atoms with Crippen LogP contribution in [0.3, 0.4) is 0 Å². The lowest BCUT2D eigenvalue weighted by Crippen LogP contribution is -2.34. The molecule has 0 radical (unpaired) electrons. The van der Waals surface area contributed by atoms with Gasteiger partial charge in [0.2, 0.25) is 0 Å². The topological polar surface area (TPSA) is 75.6 Å². The van der Waals surface area contributed by atoms with Crippen LogP contribution in [0.15, 0.2) is 36.4 Å². The molecule has 2 N–H and O–H groups in total. The van der Waals surface area contributed by atoms with Crippen LogP contribution in [0.4, 0.5) is 0 Å². The van der Waals surface area contributed by atoms with Crippen molar-refractivity contribution in [1.82, 2.24) is 5.48 Å². The average Bonchev–Trinajstić information content (AvgIpc) is 2.29. The van der Waals surface area contributed by atoms with Gasteiger partial charge in [0.15, 0.2) is 6.04 Å². The largest absolute Gasteiger partial charge is 0.480 e. The Morgan fingerprint density at radius 1 is 1.50 bits per heavy atom. The van der Waals surface area contributed by atoms with E-state index in [1.54, 1.807) is 0 Å². The highest BCUT2D eigenvalue weighted by Crippen LogP contribution is 1.99. The van der Waals surface area contributed by atoms with E-state index in [1.807, 2.05) is 30.3 Å². The number of carboxylic acid groups (broad SMARTS) is 1. The van der Waals surface area contributed by atoms with Crippen LogP contribution in [0.25, 0.3) is 0 Å². The summed E-state index contributed by atoms with van der Waals surface area (Å²) in [6, 6.07) is 8.06. The van der Waals surface area contributed by atoms with Crippen LogP contribution < -0.4 is 5.48 Å². The lowest BCUT2D eigenvalue weighted by Gasteiger charge is -2.09. The maximum atomic E-state index is 10.6. The summed E-state index contributed by atoms with van der Waals surface area (Å²) >= 11 is 0.